The highest BCUT2D eigenvalue weighted by Crippen LogP contribution is 2.24. The zero-order chi connectivity index (χ0) is 13.8. The van der Waals surface area contributed by atoms with Crippen LogP contribution in [0.15, 0.2) is 18.2 Å². The van der Waals surface area contributed by atoms with Crippen molar-refractivity contribution in [1.82, 2.24) is 10.3 Å². The summed E-state index contributed by atoms with van der Waals surface area (Å²) in [5, 5.41) is 3.54. The summed E-state index contributed by atoms with van der Waals surface area (Å²) in [5.41, 5.74) is 4.60. The van der Waals surface area contributed by atoms with Crippen LogP contribution >= 0.6 is 0 Å². The number of hydrogen-bond acceptors (Lipinski definition) is 3. The van der Waals surface area contributed by atoms with Crippen LogP contribution in [0, 0.1) is 13.8 Å². The van der Waals surface area contributed by atoms with Crippen LogP contribution in [0.3, 0.4) is 0 Å². The zero-order valence-electron chi connectivity index (χ0n) is 12.3. The Hall–Kier alpha value is -1.35. The molecule has 1 aromatic rings. The van der Waals surface area contributed by atoms with Gasteiger partial charge in [-0.2, -0.15) is 0 Å². The summed E-state index contributed by atoms with van der Waals surface area (Å²) >= 11 is 0. The third kappa shape index (κ3) is 4.35. The van der Waals surface area contributed by atoms with Crippen LogP contribution in [0.2, 0.25) is 0 Å². The average molecular weight is 260 g/mol. The number of hydrogen-bond donors (Lipinski definition) is 1. The molecular weight excluding hydrogens is 236 g/mol. The van der Waals surface area contributed by atoms with Crippen LogP contribution < -0.4 is 10.1 Å². The van der Waals surface area contributed by atoms with Gasteiger partial charge < -0.3 is 10.1 Å². The highest BCUT2D eigenvalue weighted by atomic mass is 16.5. The minimum absolute atomic E-state index is 0.654. The standard InChI is InChI=1S/C16H24N2O/c1-11(2)7-8-19-16-15(10-17-14-5-6-14)12(3)9-13(4)18-16/h9,14,17H,1,5-8,10H2,2-4H3. The van der Waals surface area contributed by atoms with Gasteiger partial charge in [0.05, 0.1) is 6.61 Å². The number of nitrogens with one attached hydrogen (secondary N) is 1. The maximum atomic E-state index is 5.85. The topological polar surface area (TPSA) is 34.1 Å². The van der Waals surface area contributed by atoms with E-state index in [0.29, 0.717) is 12.6 Å². The van der Waals surface area contributed by atoms with Gasteiger partial charge in [-0.15, -0.1) is 6.58 Å². The van der Waals surface area contributed by atoms with Gasteiger partial charge >= 0.3 is 0 Å². The molecule has 1 aliphatic carbocycles. The zero-order valence-corrected chi connectivity index (χ0v) is 12.3. The van der Waals surface area contributed by atoms with Crippen molar-refractivity contribution < 1.29 is 4.74 Å². The molecule has 0 bridgehead atoms. The summed E-state index contributed by atoms with van der Waals surface area (Å²) in [6.07, 6.45) is 3.47. The van der Waals surface area contributed by atoms with Crippen LogP contribution in [0.25, 0.3) is 0 Å². The third-order valence-electron chi connectivity index (χ3n) is 3.35. The first-order valence-electron chi connectivity index (χ1n) is 7.04. The summed E-state index contributed by atoms with van der Waals surface area (Å²) in [7, 11) is 0. The first-order chi connectivity index (χ1) is 9.06. The summed E-state index contributed by atoms with van der Waals surface area (Å²) in [4.78, 5) is 4.54. The molecule has 0 aliphatic heterocycles. The van der Waals surface area contributed by atoms with E-state index in [9.17, 15) is 0 Å². The van der Waals surface area contributed by atoms with Crippen molar-refractivity contribution in [2.45, 2.75) is 52.6 Å². The van der Waals surface area contributed by atoms with Crippen molar-refractivity contribution >= 4 is 0 Å². The Morgan fingerprint density at radius 1 is 1.47 bits per heavy atom. The van der Waals surface area contributed by atoms with Gasteiger partial charge in [0, 0.05) is 30.3 Å². The van der Waals surface area contributed by atoms with E-state index in [1.807, 2.05) is 13.8 Å². The molecule has 2 rings (SSSR count). The fourth-order valence-electron chi connectivity index (χ4n) is 2.02. The number of pyridine rings is 1. The fourth-order valence-corrected chi connectivity index (χ4v) is 2.02. The summed E-state index contributed by atoms with van der Waals surface area (Å²) in [5.74, 6) is 0.784. The second kappa shape index (κ2) is 6.20. The second-order valence-electron chi connectivity index (χ2n) is 5.57. The Balaban J connectivity index is 2.05. The van der Waals surface area contributed by atoms with Gasteiger partial charge in [0.2, 0.25) is 5.88 Å². The van der Waals surface area contributed by atoms with Crippen molar-refractivity contribution in [3.05, 3.63) is 35.0 Å². The number of ether oxygens (including phenoxy) is 1. The van der Waals surface area contributed by atoms with Gasteiger partial charge in [-0.1, -0.05) is 5.57 Å². The number of aryl methyl sites for hydroxylation is 2. The first-order valence-corrected chi connectivity index (χ1v) is 7.04. The van der Waals surface area contributed by atoms with Crippen LogP contribution in [-0.4, -0.2) is 17.6 Å². The van der Waals surface area contributed by atoms with E-state index in [2.05, 4.69) is 29.9 Å². The lowest BCUT2D eigenvalue weighted by Crippen LogP contribution is -2.18. The predicted octanol–water partition coefficient (Wildman–Crippen LogP) is 3.30. The first kappa shape index (κ1) is 14.1. The Kier molecular flexibility index (Phi) is 4.59. The minimum Gasteiger partial charge on any atom is -0.477 e. The van der Waals surface area contributed by atoms with Crippen LogP contribution in [0.5, 0.6) is 5.88 Å². The average Bonchev–Trinajstić information content (AvgIpc) is 3.11. The molecule has 3 heteroatoms. The second-order valence-corrected chi connectivity index (χ2v) is 5.57. The number of rotatable bonds is 7. The van der Waals surface area contributed by atoms with Crippen molar-refractivity contribution in [1.29, 1.82) is 0 Å². The van der Waals surface area contributed by atoms with Gasteiger partial charge in [0.15, 0.2) is 0 Å². The normalized spacial score (nSPS) is 14.5. The quantitative estimate of drug-likeness (QED) is 0.764. The van der Waals surface area contributed by atoms with Crippen LogP contribution in [-0.2, 0) is 6.54 Å². The lowest BCUT2D eigenvalue weighted by Gasteiger charge is -2.14. The lowest BCUT2D eigenvalue weighted by atomic mass is 10.1. The molecule has 0 radical (unpaired) electrons. The molecule has 0 aromatic carbocycles. The van der Waals surface area contributed by atoms with Crippen molar-refractivity contribution in [3.8, 4) is 5.88 Å². The Bertz CT molecular complexity index is 464. The Morgan fingerprint density at radius 2 is 2.21 bits per heavy atom. The molecule has 1 aliphatic rings. The molecule has 3 nitrogen and oxygen atoms in total. The van der Waals surface area contributed by atoms with E-state index in [-0.39, 0.29) is 0 Å². The molecule has 104 valence electrons. The molecule has 0 unspecified atom stereocenters. The molecule has 0 saturated heterocycles. The minimum atomic E-state index is 0.654. The summed E-state index contributed by atoms with van der Waals surface area (Å²) in [6.45, 7) is 11.6. The van der Waals surface area contributed by atoms with E-state index in [1.54, 1.807) is 0 Å². The van der Waals surface area contributed by atoms with E-state index >= 15 is 0 Å². The highest BCUT2D eigenvalue weighted by Gasteiger charge is 2.21. The molecule has 19 heavy (non-hydrogen) atoms. The molecule has 0 amide bonds. The Labute approximate surface area is 116 Å². The fraction of sp³-hybridized carbons (Fsp3) is 0.562. The molecule has 1 N–H and O–H groups in total. The number of aromatic nitrogens is 1. The smallest absolute Gasteiger partial charge is 0.218 e. The van der Waals surface area contributed by atoms with Gasteiger partial charge in [-0.25, -0.2) is 4.98 Å². The number of nitrogens with zero attached hydrogens (tertiary/aromatic N) is 1. The van der Waals surface area contributed by atoms with Crippen LogP contribution in [0.4, 0.5) is 0 Å². The van der Waals surface area contributed by atoms with Crippen molar-refractivity contribution in [2.75, 3.05) is 6.61 Å². The van der Waals surface area contributed by atoms with E-state index in [1.165, 1.54) is 24.0 Å². The molecule has 1 heterocycles. The molecule has 1 fully saturated rings. The van der Waals surface area contributed by atoms with Crippen molar-refractivity contribution in [3.63, 3.8) is 0 Å². The van der Waals surface area contributed by atoms with Crippen LogP contribution in [0.1, 0.15) is 43.0 Å². The molecule has 0 spiro atoms. The van der Waals surface area contributed by atoms with Gasteiger partial charge in [-0.3, -0.25) is 0 Å². The largest absolute Gasteiger partial charge is 0.477 e. The molecule has 1 aromatic heterocycles. The van der Waals surface area contributed by atoms with Crippen molar-refractivity contribution in [2.24, 2.45) is 0 Å². The third-order valence-corrected chi connectivity index (χ3v) is 3.35. The maximum absolute atomic E-state index is 5.85. The SMILES string of the molecule is C=C(C)CCOc1nc(C)cc(C)c1CNC1CC1. The maximum Gasteiger partial charge on any atom is 0.218 e. The monoisotopic (exact) mass is 260 g/mol. The van der Waals surface area contributed by atoms with Gasteiger partial charge in [0.25, 0.3) is 0 Å². The molecule has 0 atom stereocenters. The highest BCUT2D eigenvalue weighted by molar-refractivity contribution is 5.36. The van der Waals surface area contributed by atoms with E-state index in [4.69, 9.17) is 4.74 Å². The summed E-state index contributed by atoms with van der Waals surface area (Å²) in [6, 6.07) is 2.82. The predicted molar refractivity (Wildman–Crippen MR) is 78.5 cm³/mol. The van der Waals surface area contributed by atoms with E-state index in [0.717, 1.165) is 30.1 Å². The molecular formula is C16H24N2O. The molecule has 1 saturated carbocycles. The summed E-state index contributed by atoms with van der Waals surface area (Å²) < 4.78 is 5.85. The lowest BCUT2D eigenvalue weighted by molar-refractivity contribution is 0.304. The van der Waals surface area contributed by atoms with E-state index < -0.39 is 0 Å². The Morgan fingerprint density at radius 3 is 2.84 bits per heavy atom. The van der Waals surface area contributed by atoms with Gasteiger partial charge in [-0.05, 0) is 45.2 Å². The van der Waals surface area contributed by atoms with Gasteiger partial charge in [0.1, 0.15) is 0 Å².